The van der Waals surface area contributed by atoms with Crippen molar-refractivity contribution in [3.63, 3.8) is 0 Å². The molecule has 0 aliphatic rings. The maximum atomic E-state index is 12.0. The second-order valence-electron chi connectivity index (χ2n) is 5.78. The lowest BCUT2D eigenvalue weighted by Crippen LogP contribution is -2.44. The third-order valence-corrected chi connectivity index (χ3v) is 4.71. The molecule has 1 atom stereocenters. The molecule has 0 spiro atoms. The van der Waals surface area contributed by atoms with Crippen LogP contribution in [0.4, 0.5) is 0 Å². The van der Waals surface area contributed by atoms with Crippen LogP contribution in [0.2, 0.25) is 0 Å². The second kappa shape index (κ2) is 11.2. The first-order valence-corrected chi connectivity index (χ1v) is 9.63. The van der Waals surface area contributed by atoms with E-state index in [1.54, 1.807) is 24.8 Å². The number of rotatable bonds is 9. The van der Waals surface area contributed by atoms with Crippen LogP contribution in [0.1, 0.15) is 18.9 Å². The van der Waals surface area contributed by atoms with Crippen LogP contribution in [0, 0.1) is 0 Å². The van der Waals surface area contributed by atoms with Crippen molar-refractivity contribution in [1.82, 2.24) is 10.6 Å². The summed E-state index contributed by atoms with van der Waals surface area (Å²) >= 11 is 1.77. The van der Waals surface area contributed by atoms with Gasteiger partial charge in [0.25, 0.3) is 0 Å². The van der Waals surface area contributed by atoms with Crippen molar-refractivity contribution in [3.05, 3.63) is 72.3 Å². The largest absolute Gasteiger partial charge is 0.354 e. The number of nitrogens with one attached hydrogen (secondary N) is 2. The van der Waals surface area contributed by atoms with Crippen molar-refractivity contribution in [3.8, 4) is 0 Å². The van der Waals surface area contributed by atoms with E-state index in [1.165, 1.54) is 11.0 Å². The minimum absolute atomic E-state index is 0.170. The summed E-state index contributed by atoms with van der Waals surface area (Å²) in [5.41, 5.74) is 0.940. The average molecular weight is 369 g/mol. The molecule has 5 heteroatoms. The van der Waals surface area contributed by atoms with Gasteiger partial charge in [0.15, 0.2) is 0 Å². The fraction of sp³-hybridized carbons (Fsp3) is 0.238. The summed E-state index contributed by atoms with van der Waals surface area (Å²) in [4.78, 5) is 25.1. The van der Waals surface area contributed by atoms with E-state index in [4.69, 9.17) is 0 Å². The molecule has 0 aliphatic heterocycles. The Bertz CT molecular complexity index is 717. The van der Waals surface area contributed by atoms with Gasteiger partial charge in [0.2, 0.25) is 11.8 Å². The van der Waals surface area contributed by atoms with Crippen molar-refractivity contribution >= 4 is 29.7 Å². The Morgan fingerprint density at radius 3 is 2.38 bits per heavy atom. The lowest BCUT2D eigenvalue weighted by molar-refractivity contribution is -0.126. The predicted molar refractivity (Wildman–Crippen MR) is 108 cm³/mol. The van der Waals surface area contributed by atoms with Gasteiger partial charge in [-0.1, -0.05) is 48.5 Å². The first-order valence-electron chi connectivity index (χ1n) is 8.64. The zero-order valence-corrected chi connectivity index (χ0v) is 15.7. The minimum atomic E-state index is -0.565. The van der Waals surface area contributed by atoms with Crippen molar-refractivity contribution in [2.24, 2.45) is 0 Å². The summed E-state index contributed by atoms with van der Waals surface area (Å²) in [5, 5.41) is 5.53. The molecule has 1 unspecified atom stereocenters. The number of carbonyl (C=O) groups excluding carboxylic acids is 2. The van der Waals surface area contributed by atoms with Crippen LogP contribution in [-0.4, -0.2) is 30.2 Å². The molecule has 2 rings (SSSR count). The van der Waals surface area contributed by atoms with E-state index in [-0.39, 0.29) is 11.8 Å². The van der Waals surface area contributed by atoms with Crippen LogP contribution in [0.25, 0.3) is 6.08 Å². The fourth-order valence-corrected chi connectivity index (χ4v) is 3.08. The van der Waals surface area contributed by atoms with Gasteiger partial charge in [-0.25, -0.2) is 0 Å². The number of carbonyl (C=O) groups is 2. The van der Waals surface area contributed by atoms with E-state index in [0.717, 1.165) is 17.7 Å². The lowest BCUT2D eigenvalue weighted by atomic mass is 10.2. The summed E-state index contributed by atoms with van der Waals surface area (Å²) in [6.45, 7) is 2.28. The van der Waals surface area contributed by atoms with Crippen molar-refractivity contribution in [2.45, 2.75) is 24.3 Å². The quantitative estimate of drug-likeness (QED) is 0.405. The topological polar surface area (TPSA) is 58.2 Å². The highest BCUT2D eigenvalue weighted by atomic mass is 32.2. The predicted octanol–water partition coefficient (Wildman–Crippen LogP) is 3.50. The van der Waals surface area contributed by atoms with Crippen molar-refractivity contribution < 1.29 is 9.59 Å². The molecule has 2 N–H and O–H groups in total. The number of hydrogen-bond donors (Lipinski definition) is 2. The number of amides is 2. The highest BCUT2D eigenvalue weighted by Gasteiger charge is 2.13. The second-order valence-corrected chi connectivity index (χ2v) is 6.95. The molecule has 0 aliphatic carbocycles. The molecule has 0 fully saturated rings. The summed E-state index contributed by atoms with van der Waals surface area (Å²) in [5.74, 6) is 0.484. The molecule has 0 saturated heterocycles. The molecule has 136 valence electrons. The third kappa shape index (κ3) is 7.57. The van der Waals surface area contributed by atoms with E-state index in [0.29, 0.717) is 6.54 Å². The van der Waals surface area contributed by atoms with E-state index in [1.807, 2.05) is 48.5 Å². The smallest absolute Gasteiger partial charge is 0.244 e. The molecule has 2 amide bonds. The summed E-state index contributed by atoms with van der Waals surface area (Å²) in [7, 11) is 0. The Kier molecular flexibility index (Phi) is 8.49. The molecule has 0 radical (unpaired) electrons. The van der Waals surface area contributed by atoms with E-state index < -0.39 is 6.04 Å². The molecule has 2 aromatic carbocycles. The molecule has 0 heterocycles. The Hall–Kier alpha value is -2.53. The van der Waals surface area contributed by atoms with E-state index in [2.05, 4.69) is 22.8 Å². The molecular weight excluding hydrogens is 344 g/mol. The Morgan fingerprint density at radius 1 is 1.04 bits per heavy atom. The standard InChI is InChI=1S/C21H24N2O2S/c1-17(23-20(24)14-13-18-9-4-2-5-10-18)21(25)22-15-8-16-26-19-11-6-3-7-12-19/h2-7,9-14,17H,8,15-16H2,1H3,(H,22,25)(H,23,24)/b14-13+. The summed E-state index contributed by atoms with van der Waals surface area (Å²) < 4.78 is 0. The van der Waals surface area contributed by atoms with Crippen LogP contribution < -0.4 is 10.6 Å². The molecule has 0 aromatic heterocycles. The van der Waals surface area contributed by atoms with Gasteiger partial charge in [0.05, 0.1) is 0 Å². The van der Waals surface area contributed by atoms with Gasteiger partial charge in [-0.15, -0.1) is 11.8 Å². The van der Waals surface area contributed by atoms with Crippen LogP contribution in [0.3, 0.4) is 0 Å². The third-order valence-electron chi connectivity index (χ3n) is 3.61. The van der Waals surface area contributed by atoms with Gasteiger partial charge < -0.3 is 10.6 Å². The molecule has 0 bridgehead atoms. The highest BCUT2D eigenvalue weighted by molar-refractivity contribution is 7.99. The normalized spacial score (nSPS) is 11.9. The number of hydrogen-bond acceptors (Lipinski definition) is 3. The molecule has 26 heavy (non-hydrogen) atoms. The van der Waals surface area contributed by atoms with Crippen molar-refractivity contribution in [1.29, 1.82) is 0 Å². The van der Waals surface area contributed by atoms with Gasteiger partial charge in [0, 0.05) is 17.5 Å². The zero-order valence-electron chi connectivity index (χ0n) is 14.9. The van der Waals surface area contributed by atoms with E-state index >= 15 is 0 Å². The Balaban J connectivity index is 1.62. The fourth-order valence-electron chi connectivity index (χ4n) is 2.21. The Labute approximate surface area is 159 Å². The van der Waals surface area contributed by atoms with E-state index in [9.17, 15) is 9.59 Å². The lowest BCUT2D eigenvalue weighted by Gasteiger charge is -2.13. The van der Waals surface area contributed by atoms with Gasteiger partial charge in [-0.2, -0.15) is 0 Å². The van der Waals surface area contributed by atoms with Crippen LogP contribution in [-0.2, 0) is 9.59 Å². The number of benzene rings is 2. The summed E-state index contributed by atoms with van der Waals surface area (Å²) in [6, 6.07) is 19.2. The molecule has 2 aromatic rings. The van der Waals surface area contributed by atoms with Gasteiger partial charge >= 0.3 is 0 Å². The zero-order chi connectivity index (χ0) is 18.6. The minimum Gasteiger partial charge on any atom is -0.354 e. The summed E-state index contributed by atoms with van der Waals surface area (Å²) in [6.07, 6.45) is 4.04. The molecular formula is C21H24N2O2S. The first kappa shape index (κ1) is 19.8. The molecule has 4 nitrogen and oxygen atoms in total. The Morgan fingerprint density at radius 2 is 1.69 bits per heavy atom. The van der Waals surface area contributed by atoms with Gasteiger partial charge in [-0.05, 0) is 42.9 Å². The monoisotopic (exact) mass is 368 g/mol. The van der Waals surface area contributed by atoms with Crippen molar-refractivity contribution in [2.75, 3.05) is 12.3 Å². The van der Waals surface area contributed by atoms with Gasteiger partial charge in [-0.3, -0.25) is 9.59 Å². The first-order chi connectivity index (χ1) is 12.6. The number of thioether (sulfide) groups is 1. The maximum absolute atomic E-state index is 12.0. The van der Waals surface area contributed by atoms with Gasteiger partial charge in [0.1, 0.15) is 6.04 Å². The SMILES string of the molecule is CC(NC(=O)/C=C/c1ccccc1)C(=O)NCCCSc1ccccc1. The van der Waals surface area contributed by atoms with Crippen LogP contribution in [0.15, 0.2) is 71.6 Å². The van der Waals surface area contributed by atoms with Crippen LogP contribution in [0.5, 0.6) is 0 Å². The van der Waals surface area contributed by atoms with Crippen LogP contribution >= 0.6 is 11.8 Å². The average Bonchev–Trinajstić information content (AvgIpc) is 2.67. The highest BCUT2D eigenvalue weighted by Crippen LogP contribution is 2.17. The molecule has 0 saturated carbocycles. The maximum Gasteiger partial charge on any atom is 0.244 e.